The molecule has 0 bridgehead atoms. The molecule has 1 aromatic carbocycles. The van der Waals surface area contributed by atoms with Gasteiger partial charge in [0.1, 0.15) is 11.3 Å². The molecule has 168 valence electrons. The average molecular weight is 459 g/mol. The number of aromatic nitrogens is 3. The van der Waals surface area contributed by atoms with E-state index >= 15 is 0 Å². The number of carbonyl (C=O) groups excluding carboxylic acids is 2. The molecule has 1 unspecified atom stereocenters. The van der Waals surface area contributed by atoms with E-state index in [1.165, 1.54) is 17.3 Å². The fourth-order valence-electron chi connectivity index (χ4n) is 3.72. The van der Waals surface area contributed by atoms with Crippen LogP contribution in [0.2, 0.25) is 0 Å². The molecule has 1 saturated heterocycles. The number of fused-ring (bicyclic) bond motifs is 1. The van der Waals surface area contributed by atoms with Gasteiger partial charge >= 0.3 is 11.8 Å². The number of amides is 2. The van der Waals surface area contributed by atoms with Crippen molar-refractivity contribution in [3.8, 4) is 0 Å². The highest BCUT2D eigenvalue weighted by atomic mass is 32.2. The molecule has 3 heterocycles. The predicted molar refractivity (Wildman–Crippen MR) is 120 cm³/mol. The molecule has 9 nitrogen and oxygen atoms in total. The van der Waals surface area contributed by atoms with Crippen LogP contribution in [0.1, 0.15) is 24.8 Å². The smallest absolute Gasteiger partial charge is 0.314 e. The van der Waals surface area contributed by atoms with Crippen LogP contribution in [0.3, 0.4) is 0 Å². The molecule has 1 aliphatic rings. The molecule has 11 heteroatoms. The summed E-state index contributed by atoms with van der Waals surface area (Å²) in [5.74, 6) is -1.43. The largest absolute Gasteiger partial charge is 0.383 e. The number of benzene rings is 1. The summed E-state index contributed by atoms with van der Waals surface area (Å²) in [7, 11) is 0. The van der Waals surface area contributed by atoms with Crippen molar-refractivity contribution < 1.29 is 18.2 Å². The van der Waals surface area contributed by atoms with Gasteiger partial charge in [-0.3, -0.25) is 9.59 Å². The fourth-order valence-corrected chi connectivity index (χ4v) is 4.06. The van der Waals surface area contributed by atoms with E-state index in [-0.39, 0.29) is 42.0 Å². The molecule has 1 atom stereocenters. The third-order valence-corrected chi connectivity index (χ3v) is 5.72. The molecule has 32 heavy (non-hydrogen) atoms. The number of anilines is 2. The zero-order chi connectivity index (χ0) is 22.5. The van der Waals surface area contributed by atoms with Gasteiger partial charge in [0.15, 0.2) is 12.3 Å². The lowest BCUT2D eigenvalue weighted by Gasteiger charge is -2.29. The van der Waals surface area contributed by atoms with E-state index in [0.29, 0.717) is 18.5 Å². The lowest BCUT2D eigenvalue weighted by molar-refractivity contribution is -0.145. The Labute approximate surface area is 188 Å². The fraction of sp³-hybridized carbons (Fsp3) is 0.333. The van der Waals surface area contributed by atoms with E-state index in [1.807, 2.05) is 30.3 Å². The lowest BCUT2D eigenvalue weighted by Crippen LogP contribution is -2.44. The van der Waals surface area contributed by atoms with E-state index in [2.05, 4.69) is 15.4 Å². The second-order valence-corrected chi connectivity index (χ2v) is 8.00. The summed E-state index contributed by atoms with van der Waals surface area (Å²) in [6.45, 7) is 1.21. The molecule has 0 saturated carbocycles. The highest BCUT2D eigenvalue weighted by Crippen LogP contribution is 2.29. The van der Waals surface area contributed by atoms with Crippen LogP contribution < -0.4 is 11.1 Å². The minimum Gasteiger partial charge on any atom is -0.383 e. The van der Waals surface area contributed by atoms with Crippen molar-refractivity contribution in [2.45, 2.75) is 31.9 Å². The first kappa shape index (κ1) is 22.0. The zero-order valence-electron chi connectivity index (χ0n) is 17.2. The van der Waals surface area contributed by atoms with Gasteiger partial charge in [0.2, 0.25) is 0 Å². The number of nitrogens with one attached hydrogen (secondary N) is 1. The normalized spacial score (nSPS) is 16.1. The van der Waals surface area contributed by atoms with Gasteiger partial charge in [-0.1, -0.05) is 30.3 Å². The SMILES string of the molecule is Nc1ncc(NC(=O)C(=O)N(Cc2ccccc2)CC2CCCCO2)c2c1cnn2SF. The highest BCUT2D eigenvalue weighted by Gasteiger charge is 2.27. The topological polar surface area (TPSA) is 115 Å². The van der Waals surface area contributed by atoms with Gasteiger partial charge in [-0.05, 0) is 24.8 Å². The number of halogens is 1. The first-order valence-corrected chi connectivity index (χ1v) is 10.9. The molecule has 1 fully saturated rings. The summed E-state index contributed by atoms with van der Waals surface area (Å²) in [5.41, 5.74) is 7.10. The predicted octanol–water partition coefficient (Wildman–Crippen LogP) is 2.93. The van der Waals surface area contributed by atoms with E-state index < -0.39 is 11.8 Å². The summed E-state index contributed by atoms with van der Waals surface area (Å²) >= 11 is -0.146. The molecule has 2 aromatic heterocycles. The van der Waals surface area contributed by atoms with Crippen molar-refractivity contribution in [3.05, 3.63) is 48.3 Å². The molecule has 0 radical (unpaired) electrons. The van der Waals surface area contributed by atoms with Gasteiger partial charge in [-0.25, -0.2) is 4.98 Å². The number of pyridine rings is 1. The minimum absolute atomic E-state index is 0.126. The van der Waals surface area contributed by atoms with Crippen molar-refractivity contribution in [1.29, 1.82) is 0 Å². The number of nitrogen functional groups attached to an aromatic ring is 1. The van der Waals surface area contributed by atoms with Gasteiger partial charge in [0.05, 0.1) is 29.6 Å². The summed E-state index contributed by atoms with van der Waals surface area (Å²) in [5, 5.41) is 6.80. The third kappa shape index (κ3) is 4.83. The van der Waals surface area contributed by atoms with Crippen LogP contribution in [0.5, 0.6) is 0 Å². The number of hydrogen-bond acceptors (Lipinski definition) is 7. The monoisotopic (exact) mass is 458 g/mol. The molecule has 4 rings (SSSR count). The average Bonchev–Trinajstić information content (AvgIpc) is 3.27. The second kappa shape index (κ2) is 9.96. The standard InChI is InChI=1S/C21H23FN6O3S/c22-32-28-18-16(10-25-28)19(23)24-11-17(18)26-20(29)21(30)27(12-14-6-2-1-3-7-14)13-15-8-4-5-9-31-15/h1-3,6-7,10-11,15H,4-5,8-9,12-13H2,(H2,23,24)(H,26,29). The van der Waals surface area contributed by atoms with Crippen LogP contribution in [0.15, 0.2) is 42.7 Å². The molecule has 3 aromatic rings. The summed E-state index contributed by atoms with van der Waals surface area (Å²) in [4.78, 5) is 31.5. The Bertz CT molecular complexity index is 1100. The van der Waals surface area contributed by atoms with Gasteiger partial charge in [-0.15, -0.1) is 3.89 Å². The maximum Gasteiger partial charge on any atom is 0.314 e. The van der Waals surface area contributed by atoms with Gasteiger partial charge in [0.25, 0.3) is 0 Å². The molecule has 2 amide bonds. The number of hydrogen-bond donors (Lipinski definition) is 2. The Balaban J connectivity index is 1.56. The van der Waals surface area contributed by atoms with Crippen LogP contribution in [0.4, 0.5) is 15.4 Å². The molecule has 0 spiro atoms. The molecule has 1 aliphatic heterocycles. The Morgan fingerprint density at radius 3 is 2.81 bits per heavy atom. The van der Waals surface area contributed by atoms with E-state index in [9.17, 15) is 13.5 Å². The highest BCUT2D eigenvalue weighted by molar-refractivity contribution is 7.92. The second-order valence-electron chi connectivity index (χ2n) is 7.52. The summed E-state index contributed by atoms with van der Waals surface area (Å²) in [6.07, 6.45) is 5.34. The van der Waals surface area contributed by atoms with Crippen molar-refractivity contribution in [1.82, 2.24) is 19.1 Å². The number of nitrogens with zero attached hydrogens (tertiary/aromatic N) is 4. The Morgan fingerprint density at radius 1 is 1.28 bits per heavy atom. The van der Waals surface area contributed by atoms with Crippen molar-refractivity contribution >= 4 is 46.6 Å². The van der Waals surface area contributed by atoms with E-state index in [1.54, 1.807) is 0 Å². The van der Waals surface area contributed by atoms with Crippen LogP contribution in [0.25, 0.3) is 10.9 Å². The Morgan fingerprint density at radius 2 is 2.09 bits per heavy atom. The summed E-state index contributed by atoms with van der Waals surface area (Å²) < 4.78 is 20.0. The maximum atomic E-state index is 13.3. The number of carbonyl (C=O) groups is 2. The first-order chi connectivity index (χ1) is 15.6. The van der Waals surface area contributed by atoms with Crippen LogP contribution in [0, 0.1) is 0 Å². The number of nitrogens with two attached hydrogens (primary N) is 1. The molecular formula is C21H23FN6O3S. The number of ether oxygens (including phenoxy) is 1. The molecule has 3 N–H and O–H groups in total. The Kier molecular flexibility index (Phi) is 6.86. The van der Waals surface area contributed by atoms with Gasteiger partial charge in [0, 0.05) is 19.7 Å². The summed E-state index contributed by atoms with van der Waals surface area (Å²) in [6, 6.07) is 9.43. The minimum atomic E-state index is -0.860. The first-order valence-electron chi connectivity index (χ1n) is 10.2. The molecular weight excluding hydrogens is 435 g/mol. The van der Waals surface area contributed by atoms with Crippen LogP contribution in [-0.2, 0) is 20.9 Å². The maximum absolute atomic E-state index is 13.3. The van der Waals surface area contributed by atoms with Crippen LogP contribution in [-0.4, -0.2) is 50.1 Å². The Hall–Kier alpha value is -3.18. The third-order valence-electron chi connectivity index (χ3n) is 5.31. The zero-order valence-corrected chi connectivity index (χ0v) is 18.1. The lowest BCUT2D eigenvalue weighted by atomic mass is 10.1. The molecule has 0 aliphatic carbocycles. The quantitative estimate of drug-likeness (QED) is 0.546. The van der Waals surface area contributed by atoms with Crippen molar-refractivity contribution in [2.24, 2.45) is 0 Å². The van der Waals surface area contributed by atoms with Crippen molar-refractivity contribution in [2.75, 3.05) is 24.2 Å². The van der Waals surface area contributed by atoms with E-state index in [4.69, 9.17) is 10.5 Å². The number of rotatable bonds is 6. The van der Waals surface area contributed by atoms with E-state index in [0.717, 1.165) is 28.9 Å². The van der Waals surface area contributed by atoms with Gasteiger partial charge in [-0.2, -0.15) is 9.19 Å². The van der Waals surface area contributed by atoms with Crippen LogP contribution >= 0.6 is 12.3 Å². The van der Waals surface area contributed by atoms with Gasteiger partial charge < -0.3 is 20.7 Å². The van der Waals surface area contributed by atoms with Crippen molar-refractivity contribution in [3.63, 3.8) is 0 Å².